The Balaban J connectivity index is 1.50. The summed E-state index contributed by atoms with van der Waals surface area (Å²) in [6.45, 7) is 5.35. The molecule has 1 amide bonds. The van der Waals surface area contributed by atoms with Crippen LogP contribution in [0.1, 0.15) is 61.1 Å². The highest BCUT2D eigenvalue weighted by Crippen LogP contribution is 2.45. The number of pyridine rings is 1. The number of carbonyl (C=O) groups excluding carboxylic acids is 1. The van der Waals surface area contributed by atoms with Crippen molar-refractivity contribution < 1.29 is 14.6 Å². The predicted molar refractivity (Wildman–Crippen MR) is 103 cm³/mol. The Morgan fingerprint density at radius 1 is 1.30 bits per heavy atom. The lowest BCUT2D eigenvalue weighted by Gasteiger charge is -2.26. The Morgan fingerprint density at radius 2 is 1.96 bits per heavy atom. The molecule has 1 aromatic rings. The van der Waals surface area contributed by atoms with Gasteiger partial charge in [-0.05, 0) is 64.5 Å². The van der Waals surface area contributed by atoms with Crippen LogP contribution in [-0.4, -0.2) is 58.1 Å². The summed E-state index contributed by atoms with van der Waals surface area (Å²) in [5, 5.41) is 9.86. The summed E-state index contributed by atoms with van der Waals surface area (Å²) in [5.74, 6) is 2.03. The highest BCUT2D eigenvalue weighted by molar-refractivity contribution is 5.98. The molecule has 1 aliphatic heterocycles. The maximum absolute atomic E-state index is 12.7. The SMILES string of the molecule is COc1nc2c(cc1CN(C)C1C[C@H]3CC(O)C[C@H]3C1)C(=O)N(C(C)C)C2. The van der Waals surface area contributed by atoms with Crippen molar-refractivity contribution in [1.29, 1.82) is 0 Å². The molecule has 6 heteroatoms. The molecule has 27 heavy (non-hydrogen) atoms. The molecule has 4 rings (SSSR count). The van der Waals surface area contributed by atoms with E-state index in [0.29, 0.717) is 30.3 Å². The number of aliphatic hydroxyl groups is 1. The largest absolute Gasteiger partial charge is 0.481 e. The van der Waals surface area contributed by atoms with Crippen LogP contribution in [0.2, 0.25) is 0 Å². The van der Waals surface area contributed by atoms with E-state index in [4.69, 9.17) is 4.74 Å². The first-order valence-corrected chi connectivity index (χ1v) is 10.1. The number of nitrogens with zero attached hydrogens (tertiary/aromatic N) is 3. The van der Waals surface area contributed by atoms with Crippen molar-refractivity contribution in [2.75, 3.05) is 14.2 Å². The predicted octanol–water partition coefficient (Wildman–Crippen LogP) is 2.44. The van der Waals surface area contributed by atoms with Gasteiger partial charge in [-0.25, -0.2) is 4.98 Å². The van der Waals surface area contributed by atoms with Crippen LogP contribution in [0.25, 0.3) is 0 Å². The number of aromatic nitrogens is 1. The molecule has 0 saturated heterocycles. The van der Waals surface area contributed by atoms with Gasteiger partial charge in [-0.2, -0.15) is 0 Å². The third kappa shape index (κ3) is 3.34. The minimum Gasteiger partial charge on any atom is -0.481 e. The number of hydrogen-bond donors (Lipinski definition) is 1. The molecule has 3 aliphatic rings. The van der Waals surface area contributed by atoms with E-state index in [1.165, 1.54) is 0 Å². The molecule has 0 spiro atoms. The van der Waals surface area contributed by atoms with Crippen LogP contribution in [0.5, 0.6) is 5.88 Å². The van der Waals surface area contributed by atoms with Crippen molar-refractivity contribution in [3.63, 3.8) is 0 Å². The number of carbonyl (C=O) groups is 1. The van der Waals surface area contributed by atoms with Gasteiger partial charge in [-0.15, -0.1) is 0 Å². The second-order valence-electron chi connectivity index (χ2n) is 8.86. The fourth-order valence-electron chi connectivity index (χ4n) is 5.28. The zero-order valence-electron chi connectivity index (χ0n) is 16.8. The van der Waals surface area contributed by atoms with Crippen LogP contribution < -0.4 is 4.74 Å². The van der Waals surface area contributed by atoms with Crippen molar-refractivity contribution >= 4 is 5.91 Å². The van der Waals surface area contributed by atoms with E-state index in [1.807, 2.05) is 24.8 Å². The highest BCUT2D eigenvalue weighted by atomic mass is 16.5. The van der Waals surface area contributed by atoms with Crippen molar-refractivity contribution in [3.05, 3.63) is 22.9 Å². The maximum atomic E-state index is 12.7. The molecule has 1 aromatic heterocycles. The Hall–Kier alpha value is -1.66. The molecular formula is C21H31N3O3. The lowest BCUT2D eigenvalue weighted by Crippen LogP contribution is -2.31. The molecule has 1 N–H and O–H groups in total. The standard InChI is InChI=1S/C21H31N3O3/c1-12(2)24-11-19-18(21(24)26)9-15(20(22-19)27-4)10-23(3)16-5-13-7-17(25)8-14(13)6-16/h9,12-14,16-17,25H,5-8,10-11H2,1-4H3/t13-,14+,16?,17?. The Bertz CT molecular complexity index is 722. The summed E-state index contributed by atoms with van der Waals surface area (Å²) in [6, 6.07) is 2.67. The number of aliphatic hydroxyl groups excluding tert-OH is 1. The first-order chi connectivity index (χ1) is 12.9. The molecule has 2 saturated carbocycles. The third-order valence-electron chi connectivity index (χ3n) is 6.78. The van der Waals surface area contributed by atoms with Gasteiger partial charge >= 0.3 is 0 Å². The number of methoxy groups -OCH3 is 1. The van der Waals surface area contributed by atoms with E-state index >= 15 is 0 Å². The van der Waals surface area contributed by atoms with Gasteiger partial charge in [-0.3, -0.25) is 9.69 Å². The second kappa shape index (κ2) is 7.06. The summed E-state index contributed by atoms with van der Waals surface area (Å²) in [4.78, 5) is 21.6. The number of rotatable bonds is 5. The van der Waals surface area contributed by atoms with E-state index < -0.39 is 0 Å². The Kier molecular flexibility index (Phi) is 4.89. The van der Waals surface area contributed by atoms with Gasteiger partial charge in [0.05, 0.1) is 31.0 Å². The van der Waals surface area contributed by atoms with Crippen molar-refractivity contribution in [2.24, 2.45) is 11.8 Å². The summed E-state index contributed by atoms with van der Waals surface area (Å²) in [5.41, 5.74) is 2.52. The first-order valence-electron chi connectivity index (χ1n) is 10.1. The minimum atomic E-state index is -0.0952. The van der Waals surface area contributed by atoms with Gasteiger partial charge in [-0.1, -0.05) is 0 Å². The van der Waals surface area contributed by atoms with Gasteiger partial charge in [0.15, 0.2) is 0 Å². The molecule has 6 nitrogen and oxygen atoms in total. The Morgan fingerprint density at radius 3 is 2.56 bits per heavy atom. The molecule has 148 valence electrons. The fraction of sp³-hybridized carbons (Fsp3) is 0.714. The summed E-state index contributed by atoms with van der Waals surface area (Å²) in [6.07, 6.45) is 4.12. The molecule has 2 fully saturated rings. The second-order valence-corrected chi connectivity index (χ2v) is 8.86. The summed E-state index contributed by atoms with van der Waals surface area (Å²) in [7, 11) is 3.80. The molecule has 4 atom stereocenters. The smallest absolute Gasteiger partial charge is 0.256 e. The molecule has 2 unspecified atom stereocenters. The van der Waals surface area contributed by atoms with E-state index in [9.17, 15) is 9.90 Å². The maximum Gasteiger partial charge on any atom is 0.256 e. The van der Waals surface area contributed by atoms with Crippen LogP contribution in [0.15, 0.2) is 6.07 Å². The first kappa shape index (κ1) is 18.7. The van der Waals surface area contributed by atoms with E-state index in [2.05, 4.69) is 16.9 Å². The van der Waals surface area contributed by atoms with Crippen LogP contribution in [0.3, 0.4) is 0 Å². The van der Waals surface area contributed by atoms with Gasteiger partial charge < -0.3 is 14.7 Å². The zero-order valence-corrected chi connectivity index (χ0v) is 16.8. The number of ether oxygens (including phenoxy) is 1. The topological polar surface area (TPSA) is 65.9 Å². The molecule has 0 bridgehead atoms. The minimum absolute atomic E-state index is 0.0726. The lowest BCUT2D eigenvalue weighted by atomic mass is 10.0. The van der Waals surface area contributed by atoms with E-state index in [1.54, 1.807) is 7.11 Å². The van der Waals surface area contributed by atoms with Crippen molar-refractivity contribution in [1.82, 2.24) is 14.8 Å². The molecule has 2 heterocycles. The number of hydrogen-bond acceptors (Lipinski definition) is 5. The lowest BCUT2D eigenvalue weighted by molar-refractivity contribution is 0.0730. The highest BCUT2D eigenvalue weighted by Gasteiger charge is 2.42. The molecule has 0 aromatic carbocycles. The van der Waals surface area contributed by atoms with E-state index in [-0.39, 0.29) is 18.1 Å². The van der Waals surface area contributed by atoms with Crippen LogP contribution in [0, 0.1) is 11.8 Å². The summed E-state index contributed by atoms with van der Waals surface area (Å²) >= 11 is 0. The molecule has 0 radical (unpaired) electrons. The van der Waals surface area contributed by atoms with E-state index in [0.717, 1.165) is 49.0 Å². The average Bonchev–Trinajstić information content (AvgIpc) is 3.25. The third-order valence-corrected chi connectivity index (χ3v) is 6.78. The number of amides is 1. The molecular weight excluding hydrogens is 342 g/mol. The van der Waals surface area contributed by atoms with Gasteiger partial charge in [0, 0.05) is 24.2 Å². The Labute approximate surface area is 161 Å². The molecule has 2 aliphatic carbocycles. The van der Waals surface area contributed by atoms with Crippen LogP contribution in [0.4, 0.5) is 0 Å². The van der Waals surface area contributed by atoms with Crippen molar-refractivity contribution in [3.8, 4) is 5.88 Å². The quantitative estimate of drug-likeness (QED) is 0.859. The zero-order chi connectivity index (χ0) is 19.3. The fourth-order valence-corrected chi connectivity index (χ4v) is 5.28. The van der Waals surface area contributed by atoms with Crippen LogP contribution in [-0.2, 0) is 13.1 Å². The van der Waals surface area contributed by atoms with Crippen molar-refractivity contribution in [2.45, 2.75) is 70.8 Å². The van der Waals surface area contributed by atoms with Gasteiger partial charge in [0.25, 0.3) is 5.91 Å². The van der Waals surface area contributed by atoms with Crippen LogP contribution >= 0.6 is 0 Å². The normalized spacial score (nSPS) is 29.7. The average molecular weight is 373 g/mol. The summed E-state index contributed by atoms with van der Waals surface area (Å²) < 4.78 is 5.55. The van der Waals surface area contributed by atoms with Gasteiger partial charge in [0.2, 0.25) is 5.88 Å². The monoisotopic (exact) mass is 373 g/mol. The van der Waals surface area contributed by atoms with Gasteiger partial charge in [0.1, 0.15) is 0 Å². The number of fused-ring (bicyclic) bond motifs is 2.